The fourth-order valence-electron chi connectivity index (χ4n) is 3.50. The van der Waals surface area contributed by atoms with E-state index < -0.39 is 24.6 Å². The molecule has 32 heavy (non-hydrogen) atoms. The maximum Gasteiger partial charge on any atom is 0.420 e. The SMILES string of the molecule is Cc1c(-c2ccc(C#N)cc2)c(C#N)c(C(O)C(F)(F)F)n1Cc1cnc(Cl)c(CO)c1. The summed E-state index contributed by atoms with van der Waals surface area (Å²) in [6.07, 6.45) is -6.57. The minimum absolute atomic E-state index is 0.0620. The molecule has 2 heterocycles. The van der Waals surface area contributed by atoms with E-state index in [0.717, 1.165) is 0 Å². The van der Waals surface area contributed by atoms with Crippen molar-refractivity contribution in [2.24, 2.45) is 0 Å². The van der Waals surface area contributed by atoms with Gasteiger partial charge in [-0.1, -0.05) is 23.7 Å². The largest absolute Gasteiger partial charge is 0.420 e. The standard InChI is InChI=1S/C22H16ClF3N4O2/c1-12-18(15-4-2-13(7-27)3-5-15)17(8-28)19(20(32)22(24,25)26)30(12)10-14-6-16(11-31)21(23)29-9-14/h2-6,9,20,31-32H,10-11H2,1H3. The molecule has 0 aliphatic rings. The fraction of sp³-hybridized carbons (Fsp3) is 0.227. The number of aromatic nitrogens is 2. The third-order valence-corrected chi connectivity index (χ3v) is 5.37. The van der Waals surface area contributed by atoms with E-state index in [1.165, 1.54) is 48.0 Å². The first-order chi connectivity index (χ1) is 15.1. The number of hydrogen-bond acceptors (Lipinski definition) is 5. The molecule has 0 radical (unpaired) electrons. The molecule has 1 unspecified atom stereocenters. The van der Waals surface area contributed by atoms with E-state index in [9.17, 15) is 28.6 Å². The highest BCUT2D eigenvalue weighted by atomic mass is 35.5. The van der Waals surface area contributed by atoms with Gasteiger partial charge in [-0.15, -0.1) is 0 Å². The Kier molecular flexibility index (Phi) is 6.56. The number of nitriles is 2. The summed E-state index contributed by atoms with van der Waals surface area (Å²) in [7, 11) is 0. The van der Waals surface area contributed by atoms with Crippen LogP contribution in [0, 0.1) is 29.6 Å². The first-order valence-corrected chi connectivity index (χ1v) is 9.62. The second kappa shape index (κ2) is 9.01. The Morgan fingerprint density at radius 3 is 2.38 bits per heavy atom. The minimum Gasteiger partial charge on any atom is -0.392 e. The lowest BCUT2D eigenvalue weighted by atomic mass is 9.99. The van der Waals surface area contributed by atoms with E-state index in [1.54, 1.807) is 6.07 Å². The predicted molar refractivity (Wildman–Crippen MR) is 109 cm³/mol. The minimum atomic E-state index is -5.01. The van der Waals surface area contributed by atoms with E-state index in [2.05, 4.69) is 4.98 Å². The predicted octanol–water partition coefficient (Wildman–Crippen LogP) is 4.39. The molecule has 2 aromatic heterocycles. The summed E-state index contributed by atoms with van der Waals surface area (Å²) in [5.74, 6) is 0. The normalized spacial score (nSPS) is 12.3. The number of rotatable bonds is 5. The van der Waals surface area contributed by atoms with Crippen molar-refractivity contribution in [2.75, 3.05) is 0 Å². The lowest BCUT2D eigenvalue weighted by molar-refractivity contribution is -0.208. The molecule has 0 amide bonds. The lowest BCUT2D eigenvalue weighted by Crippen LogP contribution is -2.24. The van der Waals surface area contributed by atoms with E-state index >= 15 is 0 Å². The topological polar surface area (TPSA) is 106 Å². The van der Waals surface area contributed by atoms with Crippen molar-refractivity contribution in [1.29, 1.82) is 10.5 Å². The Morgan fingerprint density at radius 2 is 1.84 bits per heavy atom. The number of nitrogens with zero attached hydrogens (tertiary/aromatic N) is 4. The number of halogens is 4. The molecule has 164 valence electrons. The van der Waals surface area contributed by atoms with Gasteiger partial charge in [0, 0.05) is 29.6 Å². The Hall–Kier alpha value is -3.37. The van der Waals surface area contributed by atoms with Gasteiger partial charge in [0.1, 0.15) is 11.2 Å². The van der Waals surface area contributed by atoms with E-state index in [4.69, 9.17) is 16.9 Å². The summed E-state index contributed by atoms with van der Waals surface area (Å²) < 4.78 is 41.7. The summed E-state index contributed by atoms with van der Waals surface area (Å²) in [5.41, 5.74) is 1.10. The molecule has 0 fully saturated rings. The Morgan fingerprint density at radius 1 is 1.19 bits per heavy atom. The van der Waals surface area contributed by atoms with Gasteiger partial charge in [0.15, 0.2) is 6.10 Å². The molecule has 6 nitrogen and oxygen atoms in total. The average Bonchev–Trinajstić information content (AvgIpc) is 3.04. The Bertz CT molecular complexity index is 1240. The smallest absolute Gasteiger partial charge is 0.392 e. The van der Waals surface area contributed by atoms with Crippen molar-refractivity contribution in [3.8, 4) is 23.3 Å². The highest BCUT2D eigenvalue weighted by Gasteiger charge is 2.44. The summed E-state index contributed by atoms with van der Waals surface area (Å²) in [5, 5.41) is 38.3. The van der Waals surface area contributed by atoms with Gasteiger partial charge < -0.3 is 14.8 Å². The molecule has 0 aliphatic heterocycles. The molecule has 3 rings (SSSR count). The van der Waals surface area contributed by atoms with Gasteiger partial charge in [0.25, 0.3) is 0 Å². The molecule has 0 aliphatic carbocycles. The zero-order chi connectivity index (χ0) is 23.6. The maximum absolute atomic E-state index is 13.5. The monoisotopic (exact) mass is 460 g/mol. The van der Waals surface area contributed by atoms with Crippen molar-refractivity contribution < 1.29 is 23.4 Å². The van der Waals surface area contributed by atoms with Crippen molar-refractivity contribution in [2.45, 2.75) is 32.4 Å². The zero-order valence-corrected chi connectivity index (χ0v) is 17.4. The first kappa shape index (κ1) is 23.3. The number of benzene rings is 1. The highest BCUT2D eigenvalue weighted by Crippen LogP contribution is 2.41. The van der Waals surface area contributed by atoms with Crippen molar-refractivity contribution >= 4 is 11.6 Å². The summed E-state index contributed by atoms with van der Waals surface area (Å²) in [6, 6.07) is 11.3. The van der Waals surface area contributed by atoms with Gasteiger partial charge in [0.05, 0.1) is 29.5 Å². The zero-order valence-electron chi connectivity index (χ0n) is 16.7. The lowest BCUT2D eigenvalue weighted by Gasteiger charge is -2.19. The van der Waals surface area contributed by atoms with Crippen LogP contribution >= 0.6 is 11.6 Å². The van der Waals surface area contributed by atoms with Crippen LogP contribution in [0.15, 0.2) is 36.5 Å². The van der Waals surface area contributed by atoms with Crippen molar-refractivity contribution in [1.82, 2.24) is 9.55 Å². The maximum atomic E-state index is 13.5. The molecule has 0 saturated carbocycles. The number of hydrogen-bond donors (Lipinski definition) is 2. The average molecular weight is 461 g/mol. The van der Waals surface area contributed by atoms with Crippen molar-refractivity contribution in [3.63, 3.8) is 0 Å². The van der Waals surface area contributed by atoms with Gasteiger partial charge in [0.2, 0.25) is 0 Å². The molecule has 0 bridgehead atoms. The van der Waals surface area contributed by atoms with Gasteiger partial charge >= 0.3 is 6.18 Å². The number of aliphatic hydroxyl groups excluding tert-OH is 2. The van der Waals surface area contributed by atoms with Gasteiger partial charge in [-0.3, -0.25) is 0 Å². The van der Waals surface area contributed by atoms with Crippen molar-refractivity contribution in [3.05, 3.63) is 75.3 Å². The third kappa shape index (κ3) is 4.32. The molecule has 0 spiro atoms. The molecule has 1 aromatic carbocycles. The summed E-state index contributed by atoms with van der Waals surface area (Å²) >= 11 is 5.90. The van der Waals surface area contributed by atoms with Gasteiger partial charge in [-0.25, -0.2) is 4.98 Å². The number of alkyl halides is 3. The molecule has 3 aromatic rings. The second-order valence-electron chi connectivity index (χ2n) is 7.00. The van der Waals surface area contributed by atoms with Crippen LogP contribution in [0.2, 0.25) is 5.15 Å². The molecule has 1 atom stereocenters. The van der Waals surface area contributed by atoms with Crippen LogP contribution in [-0.2, 0) is 13.2 Å². The van der Waals surface area contributed by atoms with Crippen LogP contribution in [-0.4, -0.2) is 25.9 Å². The van der Waals surface area contributed by atoms with Gasteiger partial charge in [-0.2, -0.15) is 23.7 Å². The second-order valence-corrected chi connectivity index (χ2v) is 7.36. The molecule has 0 saturated heterocycles. The van der Waals surface area contributed by atoms with E-state index in [1.807, 2.05) is 6.07 Å². The Balaban J connectivity index is 2.26. The van der Waals surface area contributed by atoms with Gasteiger partial charge in [-0.05, 0) is 36.2 Å². The fourth-order valence-corrected chi connectivity index (χ4v) is 3.67. The van der Waals surface area contributed by atoms with E-state index in [0.29, 0.717) is 27.9 Å². The third-order valence-electron chi connectivity index (χ3n) is 5.03. The number of pyridine rings is 1. The van der Waals surface area contributed by atoms with Crippen LogP contribution in [0.25, 0.3) is 11.1 Å². The molecular weight excluding hydrogens is 445 g/mol. The molecule has 2 N–H and O–H groups in total. The summed E-state index contributed by atoms with van der Waals surface area (Å²) in [6.45, 7) is 0.968. The van der Waals surface area contributed by atoms with Crippen LogP contribution in [0.4, 0.5) is 13.2 Å². The van der Waals surface area contributed by atoms with Crippen LogP contribution in [0.1, 0.15) is 39.7 Å². The first-order valence-electron chi connectivity index (χ1n) is 9.24. The van der Waals surface area contributed by atoms with E-state index in [-0.39, 0.29) is 22.8 Å². The molecular formula is C22H16ClF3N4O2. The number of aliphatic hydroxyl groups is 2. The van der Waals surface area contributed by atoms with Crippen LogP contribution < -0.4 is 0 Å². The Labute approximate surface area is 186 Å². The highest BCUT2D eigenvalue weighted by molar-refractivity contribution is 6.30. The molecule has 10 heteroatoms. The summed E-state index contributed by atoms with van der Waals surface area (Å²) in [4.78, 5) is 3.94. The quantitative estimate of drug-likeness (QED) is 0.549. The van der Waals surface area contributed by atoms with Crippen LogP contribution in [0.5, 0.6) is 0 Å². The van der Waals surface area contributed by atoms with Crippen LogP contribution in [0.3, 0.4) is 0 Å².